The SMILES string of the molecule is Cc1noc(C)c1COc1ccccc1C(=O)N1CCN(c2ccccc2Cl)CC1. The number of halogens is 1. The van der Waals surface area contributed by atoms with Crippen LogP contribution in [0.5, 0.6) is 5.75 Å². The summed E-state index contributed by atoms with van der Waals surface area (Å²) in [7, 11) is 0. The lowest BCUT2D eigenvalue weighted by Crippen LogP contribution is -2.49. The molecule has 1 aliphatic heterocycles. The Balaban J connectivity index is 1.44. The molecule has 0 atom stereocenters. The Morgan fingerprint density at radius 1 is 1.07 bits per heavy atom. The van der Waals surface area contributed by atoms with E-state index in [4.69, 9.17) is 20.9 Å². The molecule has 156 valence electrons. The van der Waals surface area contributed by atoms with Gasteiger partial charge < -0.3 is 19.1 Å². The zero-order valence-corrected chi connectivity index (χ0v) is 17.9. The van der Waals surface area contributed by atoms with Crippen molar-refractivity contribution < 1.29 is 14.1 Å². The first kappa shape index (κ1) is 20.3. The third kappa shape index (κ3) is 4.14. The Labute approximate surface area is 181 Å². The summed E-state index contributed by atoms with van der Waals surface area (Å²) in [5, 5.41) is 4.69. The highest BCUT2D eigenvalue weighted by Crippen LogP contribution is 2.27. The van der Waals surface area contributed by atoms with Crippen LogP contribution in [0.3, 0.4) is 0 Å². The number of aryl methyl sites for hydroxylation is 2. The van der Waals surface area contributed by atoms with E-state index in [1.807, 2.05) is 67.3 Å². The standard InChI is InChI=1S/C23H24ClN3O3/c1-16-19(17(2)30-25-16)15-29-22-10-6-3-7-18(22)23(28)27-13-11-26(12-14-27)21-9-5-4-8-20(21)24/h3-10H,11-15H2,1-2H3. The van der Waals surface area contributed by atoms with Crippen molar-refractivity contribution in [3.05, 3.63) is 76.1 Å². The molecular weight excluding hydrogens is 402 g/mol. The number of piperazine rings is 1. The summed E-state index contributed by atoms with van der Waals surface area (Å²) in [6, 6.07) is 15.2. The number of ether oxygens (including phenoxy) is 1. The Bertz CT molecular complexity index is 1020. The van der Waals surface area contributed by atoms with Crippen molar-refractivity contribution >= 4 is 23.2 Å². The normalized spacial score (nSPS) is 14.1. The predicted octanol–water partition coefficient (Wildman–Crippen LogP) is 4.49. The second-order valence-corrected chi connectivity index (χ2v) is 7.73. The first-order valence-corrected chi connectivity index (χ1v) is 10.3. The number of rotatable bonds is 5. The van der Waals surface area contributed by atoms with Gasteiger partial charge in [-0.1, -0.05) is 41.0 Å². The van der Waals surface area contributed by atoms with E-state index in [-0.39, 0.29) is 5.91 Å². The maximum atomic E-state index is 13.2. The molecule has 0 unspecified atom stereocenters. The Morgan fingerprint density at radius 3 is 2.47 bits per heavy atom. The first-order valence-electron chi connectivity index (χ1n) is 9.97. The maximum absolute atomic E-state index is 13.2. The molecule has 0 N–H and O–H groups in total. The van der Waals surface area contributed by atoms with Gasteiger partial charge in [-0.15, -0.1) is 0 Å². The van der Waals surface area contributed by atoms with Crippen molar-refractivity contribution in [2.75, 3.05) is 31.1 Å². The molecule has 0 aliphatic carbocycles. The lowest BCUT2D eigenvalue weighted by molar-refractivity contribution is 0.0742. The van der Waals surface area contributed by atoms with Crippen LogP contribution in [0.15, 0.2) is 53.1 Å². The third-order valence-electron chi connectivity index (χ3n) is 5.43. The molecule has 0 bridgehead atoms. The van der Waals surface area contributed by atoms with E-state index >= 15 is 0 Å². The summed E-state index contributed by atoms with van der Waals surface area (Å²) in [4.78, 5) is 17.3. The van der Waals surface area contributed by atoms with Gasteiger partial charge in [0.25, 0.3) is 5.91 Å². The molecule has 0 radical (unpaired) electrons. The molecule has 7 heteroatoms. The van der Waals surface area contributed by atoms with Crippen molar-refractivity contribution in [3.63, 3.8) is 0 Å². The highest BCUT2D eigenvalue weighted by atomic mass is 35.5. The minimum Gasteiger partial charge on any atom is -0.488 e. The van der Waals surface area contributed by atoms with Crippen molar-refractivity contribution in [1.29, 1.82) is 0 Å². The van der Waals surface area contributed by atoms with Gasteiger partial charge in [0.05, 0.1) is 27.5 Å². The van der Waals surface area contributed by atoms with E-state index in [0.29, 0.717) is 31.0 Å². The van der Waals surface area contributed by atoms with Gasteiger partial charge in [0, 0.05) is 26.2 Å². The summed E-state index contributed by atoms with van der Waals surface area (Å²) >= 11 is 6.32. The summed E-state index contributed by atoms with van der Waals surface area (Å²) < 4.78 is 11.2. The van der Waals surface area contributed by atoms with Gasteiger partial charge in [-0.3, -0.25) is 4.79 Å². The summed E-state index contributed by atoms with van der Waals surface area (Å²) in [5.74, 6) is 1.27. The molecule has 0 spiro atoms. The minimum atomic E-state index is -0.0248. The van der Waals surface area contributed by atoms with Gasteiger partial charge >= 0.3 is 0 Å². The van der Waals surface area contributed by atoms with E-state index in [9.17, 15) is 4.79 Å². The largest absolute Gasteiger partial charge is 0.488 e. The molecule has 1 fully saturated rings. The number of hydrogen-bond donors (Lipinski definition) is 0. The van der Waals surface area contributed by atoms with Gasteiger partial charge in [-0.2, -0.15) is 0 Å². The highest BCUT2D eigenvalue weighted by molar-refractivity contribution is 6.33. The zero-order valence-electron chi connectivity index (χ0n) is 17.1. The van der Waals surface area contributed by atoms with E-state index in [1.54, 1.807) is 0 Å². The van der Waals surface area contributed by atoms with Crippen molar-refractivity contribution in [2.45, 2.75) is 20.5 Å². The van der Waals surface area contributed by atoms with Gasteiger partial charge in [-0.25, -0.2) is 0 Å². The average molecular weight is 426 g/mol. The molecule has 2 aromatic carbocycles. The number of amides is 1. The second kappa shape index (κ2) is 8.79. The molecule has 3 aromatic rings. The zero-order chi connectivity index (χ0) is 21.1. The van der Waals surface area contributed by atoms with Gasteiger partial charge in [-0.05, 0) is 38.1 Å². The summed E-state index contributed by atoms with van der Waals surface area (Å²) in [6.07, 6.45) is 0. The van der Waals surface area contributed by atoms with E-state index in [1.165, 1.54) is 0 Å². The van der Waals surface area contributed by atoms with Crippen LogP contribution in [-0.2, 0) is 6.61 Å². The molecular formula is C23H24ClN3O3. The number of carbonyl (C=O) groups is 1. The van der Waals surface area contributed by atoms with Crippen LogP contribution in [0.1, 0.15) is 27.4 Å². The number of aromatic nitrogens is 1. The molecule has 4 rings (SSSR count). The molecule has 1 saturated heterocycles. The lowest BCUT2D eigenvalue weighted by Gasteiger charge is -2.36. The molecule has 1 aliphatic rings. The van der Waals surface area contributed by atoms with E-state index in [2.05, 4.69) is 10.1 Å². The van der Waals surface area contributed by atoms with Crippen molar-refractivity contribution in [2.24, 2.45) is 0 Å². The van der Waals surface area contributed by atoms with Crippen LogP contribution in [0.2, 0.25) is 5.02 Å². The van der Waals surface area contributed by atoms with Crippen molar-refractivity contribution in [3.8, 4) is 5.75 Å². The van der Waals surface area contributed by atoms with Crippen LogP contribution in [-0.4, -0.2) is 42.1 Å². The first-order chi connectivity index (χ1) is 14.5. The van der Waals surface area contributed by atoms with Crippen LogP contribution in [0, 0.1) is 13.8 Å². The average Bonchev–Trinajstić information content (AvgIpc) is 3.10. The van der Waals surface area contributed by atoms with Crippen LogP contribution in [0.25, 0.3) is 0 Å². The summed E-state index contributed by atoms with van der Waals surface area (Å²) in [5.41, 5.74) is 3.28. The second-order valence-electron chi connectivity index (χ2n) is 7.32. The highest BCUT2D eigenvalue weighted by Gasteiger charge is 2.25. The number of nitrogens with zero attached hydrogens (tertiary/aromatic N) is 3. The predicted molar refractivity (Wildman–Crippen MR) is 116 cm³/mol. The number of para-hydroxylation sites is 2. The Kier molecular flexibility index (Phi) is 5.95. The van der Waals surface area contributed by atoms with Gasteiger partial charge in [0.2, 0.25) is 0 Å². The van der Waals surface area contributed by atoms with Crippen LogP contribution >= 0.6 is 11.6 Å². The van der Waals surface area contributed by atoms with E-state index < -0.39 is 0 Å². The Hall–Kier alpha value is -2.99. The fourth-order valence-electron chi connectivity index (χ4n) is 3.66. The monoisotopic (exact) mass is 425 g/mol. The third-order valence-corrected chi connectivity index (χ3v) is 5.75. The fraction of sp³-hybridized carbons (Fsp3) is 0.304. The number of hydrogen-bond acceptors (Lipinski definition) is 5. The number of carbonyl (C=O) groups excluding carboxylic acids is 1. The molecule has 1 aromatic heterocycles. The molecule has 0 saturated carbocycles. The molecule has 1 amide bonds. The quantitative estimate of drug-likeness (QED) is 0.603. The van der Waals surface area contributed by atoms with E-state index in [0.717, 1.165) is 40.8 Å². The van der Waals surface area contributed by atoms with Crippen LogP contribution in [0.4, 0.5) is 5.69 Å². The Morgan fingerprint density at radius 2 is 1.77 bits per heavy atom. The van der Waals surface area contributed by atoms with Crippen molar-refractivity contribution in [1.82, 2.24) is 10.1 Å². The lowest BCUT2D eigenvalue weighted by atomic mass is 10.1. The maximum Gasteiger partial charge on any atom is 0.257 e. The smallest absolute Gasteiger partial charge is 0.257 e. The number of benzene rings is 2. The summed E-state index contributed by atoms with van der Waals surface area (Å²) in [6.45, 7) is 6.77. The molecule has 6 nitrogen and oxygen atoms in total. The topological polar surface area (TPSA) is 58.8 Å². The van der Waals surface area contributed by atoms with Gasteiger partial charge in [0.15, 0.2) is 0 Å². The fourth-order valence-corrected chi connectivity index (χ4v) is 3.91. The molecule has 30 heavy (non-hydrogen) atoms. The minimum absolute atomic E-state index is 0.0248. The van der Waals surface area contributed by atoms with Gasteiger partial charge in [0.1, 0.15) is 18.1 Å². The molecule has 2 heterocycles. The van der Waals surface area contributed by atoms with Crippen LogP contribution < -0.4 is 9.64 Å². The number of anilines is 1.